The van der Waals surface area contributed by atoms with E-state index in [1.807, 2.05) is 12.1 Å². The summed E-state index contributed by atoms with van der Waals surface area (Å²) >= 11 is 5.80. The summed E-state index contributed by atoms with van der Waals surface area (Å²) in [5.41, 5.74) is 2.41. The topological polar surface area (TPSA) is 24.5 Å². The molecule has 0 bridgehead atoms. The summed E-state index contributed by atoms with van der Waals surface area (Å²) in [6.07, 6.45) is 1.04. The SMILES string of the molecule is CCN(CC)c1cc(-c2c(F)cc(Cl)cc2F)cc2c1OC1CCNCC21. The van der Waals surface area contributed by atoms with Crippen LogP contribution in [0.15, 0.2) is 24.3 Å². The Kier molecular flexibility index (Phi) is 4.99. The van der Waals surface area contributed by atoms with Gasteiger partial charge in [-0.05, 0) is 56.6 Å². The Morgan fingerprint density at radius 2 is 1.85 bits per heavy atom. The number of ether oxygens (including phenoxy) is 1. The molecule has 2 aromatic rings. The summed E-state index contributed by atoms with van der Waals surface area (Å²) in [7, 11) is 0. The van der Waals surface area contributed by atoms with E-state index in [1.165, 1.54) is 0 Å². The Morgan fingerprint density at radius 1 is 1.15 bits per heavy atom. The van der Waals surface area contributed by atoms with Crippen molar-refractivity contribution in [3.8, 4) is 16.9 Å². The lowest BCUT2D eigenvalue weighted by Gasteiger charge is -2.25. The van der Waals surface area contributed by atoms with Gasteiger partial charge in [0.15, 0.2) is 0 Å². The summed E-state index contributed by atoms with van der Waals surface area (Å²) in [6.45, 7) is 7.43. The van der Waals surface area contributed by atoms with Crippen molar-refractivity contribution in [3.63, 3.8) is 0 Å². The lowest BCUT2D eigenvalue weighted by Crippen LogP contribution is -2.37. The normalized spacial score (nSPS) is 20.8. The van der Waals surface area contributed by atoms with Crippen LogP contribution in [-0.4, -0.2) is 32.3 Å². The molecule has 0 aromatic heterocycles. The molecule has 1 N–H and O–H groups in total. The summed E-state index contributed by atoms with van der Waals surface area (Å²) in [6, 6.07) is 6.04. The van der Waals surface area contributed by atoms with Gasteiger partial charge in [0, 0.05) is 36.1 Å². The number of piperidine rings is 1. The fourth-order valence-corrected chi connectivity index (χ4v) is 4.43. The zero-order valence-electron chi connectivity index (χ0n) is 15.5. The van der Waals surface area contributed by atoms with E-state index in [0.717, 1.165) is 61.7 Å². The van der Waals surface area contributed by atoms with E-state index in [1.54, 1.807) is 0 Å². The smallest absolute Gasteiger partial charge is 0.146 e. The van der Waals surface area contributed by atoms with Gasteiger partial charge in [0.25, 0.3) is 0 Å². The first kappa shape index (κ1) is 18.5. The van der Waals surface area contributed by atoms with Crippen LogP contribution in [0.25, 0.3) is 11.1 Å². The molecule has 2 unspecified atom stereocenters. The molecule has 144 valence electrons. The number of rotatable bonds is 4. The third kappa shape index (κ3) is 3.17. The standard InChI is InChI=1S/C21H23ClF2N2O/c1-3-26(4-2)18-8-12(20-16(23)9-13(22)10-17(20)24)7-14-15-11-25-6-5-19(15)27-21(14)18/h7-10,15,19,25H,3-6,11H2,1-2H3. The summed E-state index contributed by atoms with van der Waals surface area (Å²) in [4.78, 5) is 2.17. The maximum atomic E-state index is 14.6. The second kappa shape index (κ2) is 7.28. The van der Waals surface area contributed by atoms with Crippen molar-refractivity contribution in [1.29, 1.82) is 0 Å². The van der Waals surface area contributed by atoms with Crippen LogP contribution >= 0.6 is 11.6 Å². The lowest BCUT2D eigenvalue weighted by molar-refractivity contribution is 0.172. The summed E-state index contributed by atoms with van der Waals surface area (Å²) < 4.78 is 35.5. The average Bonchev–Trinajstić information content (AvgIpc) is 3.01. The Morgan fingerprint density at radius 3 is 2.52 bits per heavy atom. The Labute approximate surface area is 163 Å². The molecule has 0 amide bonds. The van der Waals surface area contributed by atoms with Crippen LogP contribution in [0.5, 0.6) is 5.75 Å². The molecule has 4 rings (SSSR count). The predicted molar refractivity (Wildman–Crippen MR) is 105 cm³/mol. The van der Waals surface area contributed by atoms with E-state index in [9.17, 15) is 8.78 Å². The highest BCUT2D eigenvalue weighted by Crippen LogP contribution is 2.49. The molecule has 0 saturated carbocycles. The largest absolute Gasteiger partial charge is 0.487 e. The molecule has 2 heterocycles. The first-order valence-electron chi connectivity index (χ1n) is 9.48. The van der Waals surface area contributed by atoms with Crippen LogP contribution in [0.2, 0.25) is 5.02 Å². The van der Waals surface area contributed by atoms with Crippen molar-refractivity contribution in [3.05, 3.63) is 46.5 Å². The van der Waals surface area contributed by atoms with Gasteiger partial charge in [-0.3, -0.25) is 0 Å². The van der Waals surface area contributed by atoms with E-state index in [0.29, 0.717) is 5.56 Å². The number of hydrogen-bond donors (Lipinski definition) is 1. The summed E-state index contributed by atoms with van der Waals surface area (Å²) in [5.74, 6) is -0.247. The van der Waals surface area contributed by atoms with Gasteiger partial charge in [-0.15, -0.1) is 0 Å². The van der Waals surface area contributed by atoms with Crippen LogP contribution in [-0.2, 0) is 0 Å². The molecule has 1 saturated heterocycles. The predicted octanol–water partition coefficient (Wildman–Crippen LogP) is 4.97. The number of anilines is 1. The number of nitrogens with one attached hydrogen (secondary N) is 1. The van der Waals surface area contributed by atoms with Crippen molar-refractivity contribution < 1.29 is 13.5 Å². The minimum absolute atomic E-state index is 0.0391. The van der Waals surface area contributed by atoms with Crippen molar-refractivity contribution in [2.75, 3.05) is 31.1 Å². The highest BCUT2D eigenvalue weighted by atomic mass is 35.5. The van der Waals surface area contributed by atoms with Crippen LogP contribution in [0, 0.1) is 11.6 Å². The van der Waals surface area contributed by atoms with Gasteiger partial charge in [-0.25, -0.2) is 8.78 Å². The van der Waals surface area contributed by atoms with Gasteiger partial charge in [-0.2, -0.15) is 0 Å². The average molecular weight is 393 g/mol. The molecular weight excluding hydrogens is 370 g/mol. The first-order valence-corrected chi connectivity index (χ1v) is 9.86. The van der Waals surface area contributed by atoms with Crippen molar-refractivity contribution >= 4 is 17.3 Å². The maximum Gasteiger partial charge on any atom is 0.146 e. The van der Waals surface area contributed by atoms with Gasteiger partial charge >= 0.3 is 0 Å². The van der Waals surface area contributed by atoms with E-state index < -0.39 is 11.6 Å². The van der Waals surface area contributed by atoms with Crippen molar-refractivity contribution in [1.82, 2.24) is 5.32 Å². The fraction of sp³-hybridized carbons (Fsp3) is 0.429. The zero-order valence-corrected chi connectivity index (χ0v) is 16.2. The van der Waals surface area contributed by atoms with Crippen LogP contribution in [0.3, 0.4) is 0 Å². The molecule has 0 spiro atoms. The minimum atomic E-state index is -0.650. The third-order valence-corrected chi connectivity index (χ3v) is 5.80. The summed E-state index contributed by atoms with van der Waals surface area (Å²) in [5, 5.41) is 3.46. The minimum Gasteiger partial charge on any atom is -0.487 e. The Balaban J connectivity index is 1.91. The van der Waals surface area contributed by atoms with Crippen LogP contribution in [0.4, 0.5) is 14.5 Å². The van der Waals surface area contributed by atoms with Crippen LogP contribution in [0.1, 0.15) is 31.7 Å². The molecule has 2 aliphatic rings. The molecule has 2 aliphatic heterocycles. The van der Waals surface area contributed by atoms with E-state index in [-0.39, 0.29) is 22.6 Å². The van der Waals surface area contributed by atoms with Gasteiger partial charge < -0.3 is 15.0 Å². The Bertz CT molecular complexity index is 846. The fourth-order valence-electron chi connectivity index (χ4n) is 4.24. The van der Waals surface area contributed by atoms with Gasteiger partial charge in [0.05, 0.1) is 11.3 Å². The number of nitrogens with zero attached hydrogens (tertiary/aromatic N) is 1. The van der Waals surface area contributed by atoms with E-state index in [4.69, 9.17) is 16.3 Å². The molecule has 0 aliphatic carbocycles. The molecule has 1 fully saturated rings. The highest BCUT2D eigenvalue weighted by molar-refractivity contribution is 6.30. The highest BCUT2D eigenvalue weighted by Gasteiger charge is 2.38. The molecular formula is C21H23ClF2N2O. The van der Waals surface area contributed by atoms with E-state index in [2.05, 4.69) is 24.1 Å². The quantitative estimate of drug-likeness (QED) is 0.795. The number of hydrogen-bond acceptors (Lipinski definition) is 3. The zero-order chi connectivity index (χ0) is 19.1. The lowest BCUT2D eigenvalue weighted by atomic mass is 9.88. The van der Waals surface area contributed by atoms with Crippen molar-refractivity contribution in [2.24, 2.45) is 0 Å². The maximum absolute atomic E-state index is 14.6. The van der Waals surface area contributed by atoms with Crippen molar-refractivity contribution in [2.45, 2.75) is 32.3 Å². The molecule has 0 radical (unpaired) electrons. The molecule has 2 aromatic carbocycles. The monoisotopic (exact) mass is 392 g/mol. The van der Waals surface area contributed by atoms with Gasteiger partial charge in [0.2, 0.25) is 0 Å². The molecule has 2 atom stereocenters. The number of benzene rings is 2. The van der Waals surface area contributed by atoms with E-state index >= 15 is 0 Å². The second-order valence-corrected chi connectivity index (χ2v) is 7.52. The Hall–Kier alpha value is -1.85. The second-order valence-electron chi connectivity index (χ2n) is 7.09. The number of fused-ring (bicyclic) bond motifs is 3. The third-order valence-electron chi connectivity index (χ3n) is 5.59. The molecule has 27 heavy (non-hydrogen) atoms. The molecule has 6 heteroatoms. The van der Waals surface area contributed by atoms with Gasteiger partial charge in [0.1, 0.15) is 23.5 Å². The molecule has 3 nitrogen and oxygen atoms in total. The van der Waals surface area contributed by atoms with Crippen LogP contribution < -0.4 is 15.0 Å². The van der Waals surface area contributed by atoms with Gasteiger partial charge in [-0.1, -0.05) is 11.6 Å². The number of halogens is 3. The first-order chi connectivity index (χ1) is 13.0.